The number of hydrogen-bond acceptors (Lipinski definition) is 0. The van der Waals surface area contributed by atoms with E-state index in [4.69, 9.17) is 6.58 Å². The molecule has 0 heterocycles. The number of hydrogen-bond donors (Lipinski definition) is 0. The van der Waals surface area contributed by atoms with Crippen LogP contribution in [0.5, 0.6) is 0 Å². The average Bonchev–Trinajstić information content (AvgIpc) is 1.83. The van der Waals surface area contributed by atoms with Crippen LogP contribution in [0.4, 0.5) is 0 Å². The van der Waals surface area contributed by atoms with Crippen molar-refractivity contribution in [1.82, 2.24) is 0 Å². The summed E-state index contributed by atoms with van der Waals surface area (Å²) >= 11 is 0. The molecule has 0 saturated carbocycles. The van der Waals surface area contributed by atoms with E-state index in [-0.39, 0.29) is 0 Å². The van der Waals surface area contributed by atoms with Gasteiger partial charge in [0.25, 0.3) is 0 Å². The van der Waals surface area contributed by atoms with Crippen molar-refractivity contribution in [2.24, 2.45) is 5.92 Å². The first-order valence-corrected chi connectivity index (χ1v) is 3.35. The summed E-state index contributed by atoms with van der Waals surface area (Å²) in [4.78, 5) is 0. The predicted octanol–water partition coefficient (Wildman–Crippen LogP) is 2.97. The Labute approximate surface area is 58.3 Å². The van der Waals surface area contributed by atoms with Crippen molar-refractivity contribution in [2.45, 2.75) is 27.2 Å². The molecule has 0 rings (SSSR count). The highest BCUT2D eigenvalue weighted by atomic mass is 14.0. The second-order valence-corrected chi connectivity index (χ2v) is 2.69. The van der Waals surface area contributed by atoms with Gasteiger partial charge in [-0.05, 0) is 26.2 Å². The minimum atomic E-state index is 0.514. The van der Waals surface area contributed by atoms with Crippen LogP contribution in [0, 0.1) is 12.5 Å². The predicted molar refractivity (Wildman–Crippen MR) is 42.1 cm³/mol. The van der Waals surface area contributed by atoms with Gasteiger partial charge in [-0.25, -0.2) is 0 Å². The summed E-state index contributed by atoms with van der Waals surface area (Å²) in [6.45, 7) is 11.6. The van der Waals surface area contributed by atoms with Crippen LogP contribution in [0.25, 0.3) is 0 Å². The summed E-state index contributed by atoms with van der Waals surface area (Å²) in [6, 6.07) is 0. The van der Waals surface area contributed by atoms with Gasteiger partial charge in [0.2, 0.25) is 0 Å². The zero-order chi connectivity index (χ0) is 7.28. The van der Waals surface area contributed by atoms with Gasteiger partial charge in [0.1, 0.15) is 0 Å². The minimum absolute atomic E-state index is 0.514. The standard InChI is InChI=1S/C9H15/c1-5-9(4)7-6-8(2)3/h1,5-6,9H,7H2,2-4H3. The fourth-order valence-corrected chi connectivity index (χ4v) is 0.500. The average molecular weight is 123 g/mol. The van der Waals surface area contributed by atoms with Crippen LogP contribution in [0.3, 0.4) is 0 Å². The van der Waals surface area contributed by atoms with Crippen LogP contribution in [0.1, 0.15) is 27.2 Å². The van der Waals surface area contributed by atoms with E-state index in [1.807, 2.05) is 0 Å². The van der Waals surface area contributed by atoms with Gasteiger partial charge < -0.3 is 0 Å². The molecular weight excluding hydrogens is 108 g/mol. The first kappa shape index (κ1) is 8.48. The van der Waals surface area contributed by atoms with Crippen LogP contribution >= 0.6 is 0 Å². The molecule has 0 aromatic carbocycles. The Bertz CT molecular complexity index is 105. The van der Waals surface area contributed by atoms with E-state index in [1.54, 1.807) is 6.08 Å². The molecule has 0 aliphatic heterocycles. The Morgan fingerprint density at radius 1 is 1.56 bits per heavy atom. The smallest absolute Gasteiger partial charge is 0.0224 e. The molecule has 1 atom stereocenters. The first-order valence-electron chi connectivity index (χ1n) is 3.35. The second kappa shape index (κ2) is 4.37. The quantitative estimate of drug-likeness (QED) is 0.506. The van der Waals surface area contributed by atoms with Gasteiger partial charge in [0.15, 0.2) is 0 Å². The second-order valence-electron chi connectivity index (χ2n) is 2.69. The molecule has 0 aliphatic carbocycles. The maximum Gasteiger partial charge on any atom is -0.0224 e. The molecule has 0 nitrogen and oxygen atoms in total. The molecular formula is C9H15. The zero-order valence-electron chi connectivity index (χ0n) is 6.52. The molecule has 0 amide bonds. The van der Waals surface area contributed by atoms with Crippen molar-refractivity contribution < 1.29 is 0 Å². The maximum absolute atomic E-state index is 5.30. The Balaban J connectivity index is 3.49. The summed E-state index contributed by atoms with van der Waals surface area (Å²) in [6.07, 6.45) is 5.01. The molecule has 9 heavy (non-hydrogen) atoms. The lowest BCUT2D eigenvalue weighted by Crippen LogP contribution is -1.84. The van der Waals surface area contributed by atoms with Gasteiger partial charge in [-0.15, -0.1) is 0 Å². The van der Waals surface area contributed by atoms with Gasteiger partial charge in [0, 0.05) is 0 Å². The molecule has 0 bridgehead atoms. The Kier molecular flexibility index (Phi) is 4.12. The van der Waals surface area contributed by atoms with E-state index >= 15 is 0 Å². The van der Waals surface area contributed by atoms with Crippen LogP contribution < -0.4 is 0 Å². The molecule has 0 aromatic rings. The summed E-state index contributed by atoms with van der Waals surface area (Å²) in [7, 11) is 0. The molecule has 1 unspecified atom stereocenters. The lowest BCUT2D eigenvalue weighted by atomic mass is 10.1. The van der Waals surface area contributed by atoms with E-state index in [2.05, 4.69) is 26.8 Å². The molecule has 0 fully saturated rings. The van der Waals surface area contributed by atoms with E-state index in [0.29, 0.717) is 5.92 Å². The lowest BCUT2D eigenvalue weighted by molar-refractivity contribution is 0.741. The largest absolute Gasteiger partial charge is 0.0853 e. The van der Waals surface area contributed by atoms with Crippen molar-refractivity contribution in [3.05, 3.63) is 24.3 Å². The van der Waals surface area contributed by atoms with Gasteiger partial charge in [0.05, 0.1) is 0 Å². The highest BCUT2D eigenvalue weighted by Crippen LogP contribution is 2.04. The third-order valence-corrected chi connectivity index (χ3v) is 1.23. The fraction of sp³-hybridized carbons (Fsp3) is 0.556. The molecule has 51 valence electrons. The van der Waals surface area contributed by atoms with Crippen molar-refractivity contribution in [2.75, 3.05) is 0 Å². The van der Waals surface area contributed by atoms with Crippen LogP contribution in [0.15, 0.2) is 17.7 Å². The molecule has 0 spiro atoms. The van der Waals surface area contributed by atoms with Crippen LogP contribution in [-0.4, -0.2) is 0 Å². The molecule has 0 aliphatic rings. The maximum atomic E-state index is 5.30. The minimum Gasteiger partial charge on any atom is -0.0853 e. The van der Waals surface area contributed by atoms with Gasteiger partial charge in [-0.2, -0.15) is 0 Å². The number of allylic oxidation sites excluding steroid dienone is 3. The van der Waals surface area contributed by atoms with E-state index in [1.165, 1.54) is 5.57 Å². The van der Waals surface area contributed by atoms with Crippen molar-refractivity contribution in [1.29, 1.82) is 0 Å². The SMILES string of the molecule is [CH]=CC(C)CC=C(C)C. The highest BCUT2D eigenvalue weighted by Gasteiger charge is 1.89. The summed E-state index contributed by atoms with van der Waals surface area (Å²) in [5.74, 6) is 0.514. The van der Waals surface area contributed by atoms with Gasteiger partial charge in [-0.1, -0.05) is 31.2 Å². The van der Waals surface area contributed by atoms with Crippen LogP contribution in [-0.2, 0) is 0 Å². The fourth-order valence-electron chi connectivity index (χ4n) is 0.500. The molecule has 0 heteroatoms. The normalized spacial score (nSPS) is 12.3. The molecule has 0 saturated heterocycles. The third kappa shape index (κ3) is 5.35. The molecule has 1 radical (unpaired) electrons. The van der Waals surface area contributed by atoms with Gasteiger partial charge >= 0.3 is 0 Å². The summed E-state index contributed by atoms with van der Waals surface area (Å²) in [5.41, 5.74) is 1.36. The highest BCUT2D eigenvalue weighted by molar-refractivity contribution is 4.95. The van der Waals surface area contributed by atoms with E-state index in [0.717, 1.165) is 6.42 Å². The molecule has 0 aromatic heterocycles. The Hall–Kier alpha value is -0.520. The zero-order valence-corrected chi connectivity index (χ0v) is 6.52. The van der Waals surface area contributed by atoms with E-state index in [9.17, 15) is 0 Å². The third-order valence-electron chi connectivity index (χ3n) is 1.23. The lowest BCUT2D eigenvalue weighted by Gasteiger charge is -1.98. The number of rotatable bonds is 3. The van der Waals surface area contributed by atoms with Crippen LogP contribution in [0.2, 0.25) is 0 Å². The summed E-state index contributed by atoms with van der Waals surface area (Å²) in [5, 5.41) is 0. The topological polar surface area (TPSA) is 0 Å². The first-order chi connectivity index (χ1) is 4.16. The van der Waals surface area contributed by atoms with Gasteiger partial charge in [-0.3, -0.25) is 0 Å². The van der Waals surface area contributed by atoms with Crippen molar-refractivity contribution in [3.63, 3.8) is 0 Å². The van der Waals surface area contributed by atoms with E-state index < -0.39 is 0 Å². The Morgan fingerprint density at radius 3 is 2.44 bits per heavy atom. The summed E-state index contributed by atoms with van der Waals surface area (Å²) < 4.78 is 0. The molecule has 0 N–H and O–H groups in total. The monoisotopic (exact) mass is 123 g/mol. The van der Waals surface area contributed by atoms with Crippen molar-refractivity contribution in [3.8, 4) is 0 Å². The van der Waals surface area contributed by atoms with Crippen molar-refractivity contribution >= 4 is 0 Å². The Morgan fingerprint density at radius 2 is 2.11 bits per heavy atom.